The van der Waals surface area contributed by atoms with Crippen LogP contribution in [0, 0.1) is 40.9 Å². The monoisotopic (exact) mass is 454 g/mol. The van der Waals surface area contributed by atoms with Gasteiger partial charge < -0.3 is 0 Å². The third-order valence-electron chi connectivity index (χ3n) is 6.17. The van der Waals surface area contributed by atoms with Crippen molar-refractivity contribution in [2.75, 3.05) is 0 Å². The van der Waals surface area contributed by atoms with Gasteiger partial charge in [-0.2, -0.15) is 0 Å². The van der Waals surface area contributed by atoms with Gasteiger partial charge in [-0.1, -0.05) is 31.3 Å². The summed E-state index contributed by atoms with van der Waals surface area (Å²) in [6.07, 6.45) is 3.80. The minimum absolute atomic E-state index is 0.0618. The molecule has 0 aromatic heterocycles. The van der Waals surface area contributed by atoms with Crippen molar-refractivity contribution in [2.45, 2.75) is 51.4 Å². The molecule has 0 spiro atoms. The average molecular weight is 454 g/mol. The molecule has 1 aliphatic rings. The van der Waals surface area contributed by atoms with E-state index in [1.165, 1.54) is 30.3 Å². The fourth-order valence-electron chi connectivity index (χ4n) is 4.41. The number of unbranched alkanes of at least 4 members (excludes halogenated alkanes) is 1. The van der Waals surface area contributed by atoms with Crippen molar-refractivity contribution in [3.8, 4) is 11.8 Å². The molecule has 3 aromatic rings. The summed E-state index contributed by atoms with van der Waals surface area (Å²) < 4.78 is 71.4. The van der Waals surface area contributed by atoms with Crippen LogP contribution >= 0.6 is 0 Å². The Balaban J connectivity index is 1.59. The van der Waals surface area contributed by atoms with E-state index < -0.39 is 29.1 Å². The molecular weight excluding hydrogens is 431 g/mol. The molecule has 5 heteroatoms. The first-order chi connectivity index (χ1) is 15.9. The first kappa shape index (κ1) is 23.0. The summed E-state index contributed by atoms with van der Waals surface area (Å²) in [7, 11) is 0. The molecule has 1 aliphatic carbocycles. The smallest absolute Gasteiger partial charge is 0.174 e. The Hall–Kier alpha value is -3.13. The molecule has 0 heterocycles. The van der Waals surface area contributed by atoms with E-state index in [2.05, 4.69) is 11.8 Å². The van der Waals surface area contributed by atoms with Crippen LogP contribution in [0.4, 0.5) is 22.0 Å². The number of fused-ring (bicyclic) bond motifs is 1. The second-order valence-electron chi connectivity index (χ2n) is 8.47. The number of benzene rings is 3. The third kappa shape index (κ3) is 4.95. The maximum absolute atomic E-state index is 14.8. The molecule has 0 saturated heterocycles. The number of halogens is 5. The van der Waals surface area contributed by atoms with Crippen LogP contribution in [-0.4, -0.2) is 0 Å². The van der Waals surface area contributed by atoms with Gasteiger partial charge in [0.25, 0.3) is 0 Å². The van der Waals surface area contributed by atoms with Crippen LogP contribution in [-0.2, 0) is 19.3 Å². The summed E-state index contributed by atoms with van der Waals surface area (Å²) in [4.78, 5) is 0. The van der Waals surface area contributed by atoms with Gasteiger partial charge in [0.1, 0.15) is 17.5 Å². The molecule has 0 aliphatic heterocycles. The summed E-state index contributed by atoms with van der Waals surface area (Å²) in [5.74, 6) is 0.898. The van der Waals surface area contributed by atoms with E-state index in [1.54, 1.807) is 6.07 Å². The highest BCUT2D eigenvalue weighted by Crippen LogP contribution is 2.36. The second kappa shape index (κ2) is 9.79. The van der Waals surface area contributed by atoms with Gasteiger partial charge in [-0.25, -0.2) is 22.0 Å². The second-order valence-corrected chi connectivity index (χ2v) is 8.47. The van der Waals surface area contributed by atoms with Crippen LogP contribution in [0.25, 0.3) is 0 Å². The van der Waals surface area contributed by atoms with Crippen molar-refractivity contribution < 1.29 is 22.0 Å². The zero-order valence-corrected chi connectivity index (χ0v) is 18.3. The predicted octanol–water partition coefficient (Wildman–Crippen LogP) is 7.40. The van der Waals surface area contributed by atoms with Crippen molar-refractivity contribution in [3.05, 3.63) is 105 Å². The quantitative estimate of drug-likeness (QED) is 0.285. The Kier molecular flexibility index (Phi) is 6.83. The fraction of sp³-hybridized carbons (Fsp3) is 0.286. The lowest BCUT2D eigenvalue weighted by Gasteiger charge is -2.26. The maximum Gasteiger partial charge on any atom is 0.174 e. The van der Waals surface area contributed by atoms with Gasteiger partial charge in [0, 0.05) is 5.56 Å². The van der Waals surface area contributed by atoms with Crippen LogP contribution < -0.4 is 0 Å². The minimum Gasteiger partial charge on any atom is -0.207 e. The number of hydrogen-bond donors (Lipinski definition) is 0. The minimum atomic E-state index is -1.07. The first-order valence-electron chi connectivity index (χ1n) is 11.1. The number of aryl methyl sites for hydroxylation is 2. The molecule has 3 aromatic carbocycles. The van der Waals surface area contributed by atoms with Gasteiger partial charge in [0.15, 0.2) is 11.6 Å². The van der Waals surface area contributed by atoms with E-state index in [9.17, 15) is 22.0 Å². The maximum atomic E-state index is 14.8. The summed E-state index contributed by atoms with van der Waals surface area (Å²) >= 11 is 0. The Labute approximate surface area is 190 Å². The zero-order chi connectivity index (χ0) is 23.5. The van der Waals surface area contributed by atoms with Crippen molar-refractivity contribution in [1.82, 2.24) is 0 Å². The Bertz CT molecular complexity index is 1230. The van der Waals surface area contributed by atoms with Crippen LogP contribution in [0.15, 0.2) is 42.5 Å². The molecule has 170 valence electrons. The Morgan fingerprint density at radius 1 is 0.818 bits per heavy atom. The molecular formula is C28H23F5. The Morgan fingerprint density at radius 2 is 1.55 bits per heavy atom. The fourth-order valence-corrected chi connectivity index (χ4v) is 4.41. The first-order valence-corrected chi connectivity index (χ1v) is 11.1. The molecule has 0 nitrogen and oxygen atoms in total. The normalized spacial score (nSPS) is 15.0. The number of rotatable bonds is 4. The molecule has 1 atom stereocenters. The highest BCUT2D eigenvalue weighted by molar-refractivity contribution is 5.48. The summed E-state index contributed by atoms with van der Waals surface area (Å²) in [5, 5.41) is 0. The lowest BCUT2D eigenvalue weighted by Crippen LogP contribution is -2.16. The van der Waals surface area contributed by atoms with Crippen molar-refractivity contribution >= 4 is 0 Å². The third-order valence-corrected chi connectivity index (χ3v) is 6.17. The molecule has 33 heavy (non-hydrogen) atoms. The molecule has 0 amide bonds. The Morgan fingerprint density at radius 3 is 2.27 bits per heavy atom. The standard InChI is InChI=1S/C28H23F5/c1-2-3-5-17-12-25(31)27(26(32)13-17)21-11-9-19-14-20(24(30)16-22(19)15-21)10-8-18-6-4-7-23(29)28(18)33/h4,6-7,12-14,16,21H,2-3,5,9,11,15H2,1H3. The lowest BCUT2D eigenvalue weighted by atomic mass is 9.79. The molecule has 4 rings (SSSR count). The molecule has 0 fully saturated rings. The van der Waals surface area contributed by atoms with Crippen LogP contribution in [0.1, 0.15) is 65.5 Å². The largest absolute Gasteiger partial charge is 0.207 e. The van der Waals surface area contributed by atoms with Gasteiger partial charge in [-0.15, -0.1) is 0 Å². The number of hydrogen-bond acceptors (Lipinski definition) is 0. The van der Waals surface area contributed by atoms with E-state index in [-0.39, 0.29) is 22.6 Å². The average Bonchev–Trinajstić information content (AvgIpc) is 2.78. The van der Waals surface area contributed by atoms with Crippen LogP contribution in [0.3, 0.4) is 0 Å². The summed E-state index contributed by atoms with van der Waals surface area (Å²) in [6, 6.07) is 9.39. The van der Waals surface area contributed by atoms with Gasteiger partial charge in [0.2, 0.25) is 0 Å². The van der Waals surface area contributed by atoms with E-state index in [1.807, 2.05) is 6.92 Å². The van der Waals surface area contributed by atoms with Gasteiger partial charge in [-0.3, -0.25) is 0 Å². The topological polar surface area (TPSA) is 0 Å². The molecule has 0 saturated carbocycles. The molecule has 0 bridgehead atoms. The van der Waals surface area contributed by atoms with Crippen LogP contribution in [0.2, 0.25) is 0 Å². The SMILES string of the molecule is CCCCc1cc(F)c(C2CCc3cc(C#Cc4cccc(F)c4F)c(F)cc3C2)c(F)c1. The van der Waals surface area contributed by atoms with E-state index in [0.717, 1.165) is 24.5 Å². The van der Waals surface area contributed by atoms with E-state index >= 15 is 0 Å². The van der Waals surface area contributed by atoms with Gasteiger partial charge in [-0.05, 0) is 91.1 Å². The van der Waals surface area contributed by atoms with Crippen molar-refractivity contribution in [3.63, 3.8) is 0 Å². The predicted molar refractivity (Wildman–Crippen MR) is 118 cm³/mol. The van der Waals surface area contributed by atoms with E-state index in [4.69, 9.17) is 0 Å². The van der Waals surface area contributed by atoms with Gasteiger partial charge >= 0.3 is 0 Å². The zero-order valence-electron chi connectivity index (χ0n) is 18.3. The molecule has 0 radical (unpaired) electrons. The van der Waals surface area contributed by atoms with E-state index in [0.29, 0.717) is 36.8 Å². The van der Waals surface area contributed by atoms with Gasteiger partial charge in [0.05, 0.1) is 11.1 Å². The van der Waals surface area contributed by atoms with Crippen molar-refractivity contribution in [2.24, 2.45) is 0 Å². The lowest BCUT2D eigenvalue weighted by molar-refractivity contribution is 0.488. The summed E-state index contributed by atoms with van der Waals surface area (Å²) in [6.45, 7) is 2.02. The molecule has 0 N–H and O–H groups in total. The van der Waals surface area contributed by atoms with Crippen LogP contribution in [0.5, 0.6) is 0 Å². The summed E-state index contributed by atoms with van der Waals surface area (Å²) in [5.41, 5.74) is 2.16. The van der Waals surface area contributed by atoms with Crippen molar-refractivity contribution in [1.29, 1.82) is 0 Å². The highest BCUT2D eigenvalue weighted by atomic mass is 19.2. The molecule has 1 unspecified atom stereocenters. The highest BCUT2D eigenvalue weighted by Gasteiger charge is 2.27.